The third-order valence-corrected chi connectivity index (χ3v) is 7.85. The van der Waals surface area contributed by atoms with Crippen molar-refractivity contribution in [3.63, 3.8) is 0 Å². The van der Waals surface area contributed by atoms with Crippen LogP contribution in [0.3, 0.4) is 0 Å². The molecule has 1 atom stereocenters. The van der Waals surface area contributed by atoms with Crippen LogP contribution in [0.1, 0.15) is 67.2 Å². The first-order chi connectivity index (χ1) is 15.1. The van der Waals surface area contributed by atoms with Gasteiger partial charge >= 0.3 is 0 Å². The van der Waals surface area contributed by atoms with Gasteiger partial charge in [0.15, 0.2) is 5.69 Å². The minimum atomic E-state index is 0.0532. The molecule has 162 valence electrons. The molecule has 1 spiro atoms. The molecule has 3 aromatic rings. The number of amides is 1. The molecule has 3 fully saturated rings. The predicted molar refractivity (Wildman–Crippen MR) is 118 cm³/mol. The SMILES string of the molecule is Cn1nc(C(=O)N2CC(c3nncn3CC3CC3)C3(CCCCC3)C2)c2ccccc21. The molecular formula is C24H30N6O. The maximum absolute atomic E-state index is 13.7. The fourth-order valence-corrected chi connectivity index (χ4v) is 6.02. The van der Waals surface area contributed by atoms with Crippen LogP contribution in [0.4, 0.5) is 0 Å². The lowest BCUT2D eigenvalue weighted by molar-refractivity contribution is 0.0753. The number of carbonyl (C=O) groups is 1. The molecule has 3 aliphatic rings. The Bertz CT molecular complexity index is 1120. The van der Waals surface area contributed by atoms with E-state index in [0.717, 1.165) is 35.7 Å². The summed E-state index contributed by atoms with van der Waals surface area (Å²) in [4.78, 5) is 15.8. The minimum Gasteiger partial charge on any atom is -0.336 e. The van der Waals surface area contributed by atoms with Crippen molar-refractivity contribution >= 4 is 16.8 Å². The molecule has 0 radical (unpaired) electrons. The smallest absolute Gasteiger partial charge is 0.275 e. The van der Waals surface area contributed by atoms with Crippen molar-refractivity contribution in [3.8, 4) is 0 Å². The summed E-state index contributed by atoms with van der Waals surface area (Å²) < 4.78 is 4.10. The van der Waals surface area contributed by atoms with Gasteiger partial charge in [-0.3, -0.25) is 9.48 Å². The fourth-order valence-electron chi connectivity index (χ4n) is 6.02. The van der Waals surface area contributed by atoms with Crippen LogP contribution in [0, 0.1) is 11.3 Å². The molecule has 0 N–H and O–H groups in total. The van der Waals surface area contributed by atoms with Crippen LogP contribution in [0.15, 0.2) is 30.6 Å². The van der Waals surface area contributed by atoms with Gasteiger partial charge in [0.2, 0.25) is 0 Å². The Labute approximate surface area is 182 Å². The summed E-state index contributed by atoms with van der Waals surface area (Å²) in [5, 5.41) is 14.4. The second-order valence-electron chi connectivity index (χ2n) is 9.94. The van der Waals surface area contributed by atoms with Gasteiger partial charge in [0.1, 0.15) is 12.2 Å². The summed E-state index contributed by atoms with van der Waals surface area (Å²) in [6, 6.07) is 8.01. The van der Waals surface area contributed by atoms with Gasteiger partial charge in [-0.2, -0.15) is 5.10 Å². The van der Waals surface area contributed by atoms with E-state index in [2.05, 4.69) is 24.8 Å². The quantitative estimate of drug-likeness (QED) is 0.647. The van der Waals surface area contributed by atoms with E-state index in [9.17, 15) is 4.79 Å². The lowest BCUT2D eigenvalue weighted by Crippen LogP contribution is -2.35. The number of fused-ring (bicyclic) bond motifs is 1. The van der Waals surface area contributed by atoms with Gasteiger partial charge in [0.25, 0.3) is 5.91 Å². The Kier molecular flexibility index (Phi) is 4.40. The van der Waals surface area contributed by atoms with E-state index in [0.29, 0.717) is 12.2 Å². The molecule has 31 heavy (non-hydrogen) atoms. The van der Waals surface area contributed by atoms with Gasteiger partial charge in [-0.15, -0.1) is 10.2 Å². The lowest BCUT2D eigenvalue weighted by atomic mass is 9.67. The monoisotopic (exact) mass is 418 g/mol. The van der Waals surface area contributed by atoms with Crippen LogP contribution < -0.4 is 0 Å². The Morgan fingerprint density at radius 1 is 1.16 bits per heavy atom. The Morgan fingerprint density at radius 3 is 2.77 bits per heavy atom. The average molecular weight is 419 g/mol. The van der Waals surface area contributed by atoms with Gasteiger partial charge in [0, 0.05) is 38.0 Å². The molecule has 7 nitrogen and oxygen atoms in total. The predicted octanol–water partition coefficient (Wildman–Crippen LogP) is 3.76. The van der Waals surface area contributed by atoms with Crippen molar-refractivity contribution < 1.29 is 4.79 Å². The summed E-state index contributed by atoms with van der Waals surface area (Å²) in [5.41, 5.74) is 1.69. The first kappa shape index (κ1) is 19.0. The molecule has 2 aromatic heterocycles. The van der Waals surface area contributed by atoms with Crippen molar-refractivity contribution in [1.82, 2.24) is 29.4 Å². The zero-order valence-corrected chi connectivity index (χ0v) is 18.2. The van der Waals surface area contributed by atoms with Crippen LogP contribution in [0.25, 0.3) is 10.9 Å². The largest absolute Gasteiger partial charge is 0.336 e. The molecule has 0 bridgehead atoms. The van der Waals surface area contributed by atoms with Crippen molar-refractivity contribution in [2.24, 2.45) is 18.4 Å². The molecule has 3 heterocycles. The van der Waals surface area contributed by atoms with Crippen molar-refractivity contribution in [2.45, 2.75) is 57.4 Å². The van der Waals surface area contributed by atoms with Crippen LogP contribution in [0.2, 0.25) is 0 Å². The van der Waals surface area contributed by atoms with Gasteiger partial charge in [-0.1, -0.05) is 37.5 Å². The van der Waals surface area contributed by atoms with Crippen LogP contribution >= 0.6 is 0 Å². The molecule has 6 rings (SSSR count). The number of carbonyl (C=O) groups excluding carboxylic acids is 1. The van der Waals surface area contributed by atoms with E-state index in [4.69, 9.17) is 0 Å². The molecule has 1 aliphatic heterocycles. The van der Waals surface area contributed by atoms with Crippen LogP contribution in [-0.2, 0) is 13.6 Å². The summed E-state index contributed by atoms with van der Waals surface area (Å²) in [5.74, 6) is 2.18. The number of para-hydroxylation sites is 1. The topological polar surface area (TPSA) is 68.8 Å². The summed E-state index contributed by atoms with van der Waals surface area (Å²) in [6.45, 7) is 2.54. The number of nitrogens with zero attached hydrogens (tertiary/aromatic N) is 6. The van der Waals surface area contributed by atoms with Crippen LogP contribution in [0.5, 0.6) is 0 Å². The molecule has 2 saturated carbocycles. The van der Waals surface area contributed by atoms with E-state index in [1.807, 2.05) is 42.3 Å². The lowest BCUT2D eigenvalue weighted by Gasteiger charge is -2.37. The van der Waals surface area contributed by atoms with E-state index < -0.39 is 0 Å². The number of aromatic nitrogens is 5. The Morgan fingerprint density at radius 2 is 1.97 bits per heavy atom. The van der Waals surface area contributed by atoms with Gasteiger partial charge in [-0.25, -0.2) is 0 Å². The third-order valence-electron chi connectivity index (χ3n) is 7.85. The highest BCUT2D eigenvalue weighted by Gasteiger charge is 2.51. The summed E-state index contributed by atoms with van der Waals surface area (Å²) in [7, 11) is 1.91. The molecule has 7 heteroatoms. The first-order valence-electron chi connectivity index (χ1n) is 11.7. The highest BCUT2D eigenvalue weighted by molar-refractivity contribution is 6.05. The van der Waals surface area contributed by atoms with E-state index in [-0.39, 0.29) is 17.2 Å². The van der Waals surface area contributed by atoms with Crippen molar-refractivity contribution in [3.05, 3.63) is 42.1 Å². The second-order valence-corrected chi connectivity index (χ2v) is 9.94. The fraction of sp³-hybridized carbons (Fsp3) is 0.583. The summed E-state index contributed by atoms with van der Waals surface area (Å²) in [6.07, 6.45) is 10.6. The molecule has 1 amide bonds. The number of benzene rings is 1. The van der Waals surface area contributed by atoms with E-state index in [1.54, 1.807) is 0 Å². The molecular weight excluding hydrogens is 388 g/mol. The second kappa shape index (κ2) is 7.18. The molecule has 1 aromatic carbocycles. The molecule has 1 saturated heterocycles. The zero-order chi connectivity index (χ0) is 21.0. The first-order valence-corrected chi connectivity index (χ1v) is 11.7. The zero-order valence-electron chi connectivity index (χ0n) is 18.2. The Balaban J connectivity index is 1.35. The molecule has 1 unspecified atom stereocenters. The van der Waals surface area contributed by atoms with E-state index >= 15 is 0 Å². The highest BCUT2D eigenvalue weighted by Crippen LogP contribution is 2.52. The van der Waals surface area contributed by atoms with E-state index in [1.165, 1.54) is 44.9 Å². The Hall–Kier alpha value is -2.70. The maximum Gasteiger partial charge on any atom is 0.275 e. The number of hydrogen-bond acceptors (Lipinski definition) is 4. The highest BCUT2D eigenvalue weighted by atomic mass is 16.2. The van der Waals surface area contributed by atoms with Crippen molar-refractivity contribution in [2.75, 3.05) is 13.1 Å². The number of aryl methyl sites for hydroxylation is 1. The standard InChI is InChI=1S/C24H30N6O/c1-28-20-8-4-3-7-18(20)21(27-28)23(31)29-14-19(24(15-29)11-5-2-6-12-24)22-26-25-16-30(22)13-17-9-10-17/h3-4,7-8,16-17,19H,2,5-6,9-15H2,1H3. The van der Waals surface area contributed by atoms with Gasteiger partial charge in [0.05, 0.1) is 5.52 Å². The average Bonchev–Trinajstić information content (AvgIpc) is 3.22. The summed E-state index contributed by atoms with van der Waals surface area (Å²) >= 11 is 0. The normalized spacial score (nSPS) is 23.1. The maximum atomic E-state index is 13.7. The van der Waals surface area contributed by atoms with Gasteiger partial charge < -0.3 is 9.47 Å². The van der Waals surface area contributed by atoms with Gasteiger partial charge in [-0.05, 0) is 43.1 Å². The minimum absolute atomic E-state index is 0.0532. The number of rotatable bonds is 4. The van der Waals surface area contributed by atoms with Crippen LogP contribution in [-0.4, -0.2) is 48.4 Å². The third kappa shape index (κ3) is 3.17. The number of likely N-dealkylation sites (tertiary alicyclic amines) is 1. The number of hydrogen-bond donors (Lipinski definition) is 0. The van der Waals surface area contributed by atoms with Crippen molar-refractivity contribution in [1.29, 1.82) is 0 Å². The molecule has 2 aliphatic carbocycles.